The van der Waals surface area contributed by atoms with Crippen LogP contribution in [0.25, 0.3) is 33.1 Å². The quantitative estimate of drug-likeness (QED) is 0.168. The fourth-order valence-corrected chi connectivity index (χ4v) is 11.2. The van der Waals surface area contributed by atoms with Crippen molar-refractivity contribution >= 4 is 62.1 Å². The number of anilines is 5. The van der Waals surface area contributed by atoms with E-state index in [1.54, 1.807) is 0 Å². The summed E-state index contributed by atoms with van der Waals surface area (Å²) in [5.74, 6) is 0. The Balaban J connectivity index is 1.10. The molecule has 0 N–H and O–H groups in total. The molecule has 0 fully saturated rings. The Kier molecular flexibility index (Phi) is 7.82. The van der Waals surface area contributed by atoms with E-state index in [2.05, 4.69) is 222 Å². The molecule has 0 bridgehead atoms. The normalized spacial score (nSPS) is 15.5. The van der Waals surface area contributed by atoms with Gasteiger partial charge in [0.2, 0.25) is 0 Å². The Labute approximate surface area is 348 Å². The van der Waals surface area contributed by atoms with Gasteiger partial charge in [-0.05, 0) is 107 Å². The van der Waals surface area contributed by atoms with Crippen molar-refractivity contribution in [2.75, 3.05) is 9.80 Å². The van der Waals surface area contributed by atoms with Gasteiger partial charge in [0.05, 0.1) is 28.2 Å². The molecule has 0 amide bonds. The van der Waals surface area contributed by atoms with E-state index >= 15 is 0 Å². The molecule has 4 heteroatoms. The van der Waals surface area contributed by atoms with Gasteiger partial charge in [-0.2, -0.15) is 0 Å². The van der Waals surface area contributed by atoms with Crippen LogP contribution in [0.5, 0.6) is 0 Å². The van der Waals surface area contributed by atoms with E-state index in [0.29, 0.717) is 0 Å². The summed E-state index contributed by atoms with van der Waals surface area (Å²) >= 11 is 1.88. The number of nitrogens with zero attached hydrogens (tertiary/aromatic N) is 2. The van der Waals surface area contributed by atoms with Crippen molar-refractivity contribution in [3.8, 4) is 11.1 Å². The number of hydrogen-bond acceptors (Lipinski definition) is 4. The average molecular weight is 775 g/mol. The van der Waals surface area contributed by atoms with Crippen molar-refractivity contribution in [1.29, 1.82) is 0 Å². The third-order valence-corrected chi connectivity index (χ3v) is 13.6. The van der Waals surface area contributed by atoms with Crippen molar-refractivity contribution in [2.45, 2.75) is 27.7 Å². The van der Waals surface area contributed by atoms with Crippen molar-refractivity contribution in [3.63, 3.8) is 0 Å². The highest BCUT2D eigenvalue weighted by Crippen LogP contribution is 2.62. The molecule has 8 aromatic carbocycles. The molecule has 3 nitrogen and oxygen atoms in total. The van der Waals surface area contributed by atoms with Gasteiger partial charge in [-0.15, -0.1) is 0 Å². The lowest BCUT2D eigenvalue weighted by Crippen LogP contribution is -2.33. The second-order valence-electron chi connectivity index (χ2n) is 15.5. The molecule has 2 heterocycles. The van der Waals surface area contributed by atoms with Gasteiger partial charge in [0, 0.05) is 32.2 Å². The van der Waals surface area contributed by atoms with Crippen LogP contribution in [-0.4, -0.2) is 6.04 Å². The van der Waals surface area contributed by atoms with Gasteiger partial charge in [0.25, 0.3) is 0 Å². The van der Waals surface area contributed by atoms with Crippen LogP contribution in [0.15, 0.2) is 227 Å². The van der Waals surface area contributed by atoms with Crippen LogP contribution in [0.2, 0.25) is 0 Å². The molecule has 0 saturated heterocycles. The third-order valence-electron chi connectivity index (χ3n) is 12.4. The summed E-state index contributed by atoms with van der Waals surface area (Å²) in [5, 5.41) is 2.18. The number of rotatable bonds is 6. The van der Waals surface area contributed by atoms with Crippen LogP contribution in [0.3, 0.4) is 0 Å². The highest BCUT2D eigenvalue weighted by Gasteiger charge is 2.50. The van der Waals surface area contributed by atoms with E-state index < -0.39 is 5.41 Å². The summed E-state index contributed by atoms with van der Waals surface area (Å²) < 4.78 is 7.07. The lowest BCUT2D eigenvalue weighted by atomic mass is 9.67. The first-order valence-electron chi connectivity index (χ1n) is 20.4. The van der Waals surface area contributed by atoms with Crippen LogP contribution in [0.1, 0.15) is 28.7 Å². The molecular weight excluding hydrogens is 737 g/mol. The lowest BCUT2D eigenvalue weighted by molar-refractivity contribution is 0.664. The van der Waals surface area contributed by atoms with E-state index in [9.17, 15) is 0 Å². The molecule has 9 aromatic rings. The van der Waals surface area contributed by atoms with Crippen LogP contribution >= 0.6 is 11.8 Å². The summed E-state index contributed by atoms with van der Waals surface area (Å²) in [4.78, 5) is 7.44. The predicted octanol–water partition coefficient (Wildman–Crippen LogP) is 14.9. The fourth-order valence-electron chi connectivity index (χ4n) is 10.0. The zero-order valence-electron chi connectivity index (χ0n) is 32.2. The zero-order valence-corrected chi connectivity index (χ0v) is 33.0. The first-order chi connectivity index (χ1) is 29.3. The monoisotopic (exact) mass is 774 g/mol. The van der Waals surface area contributed by atoms with Crippen LogP contribution in [-0.2, 0) is 5.41 Å². The molecule has 1 aromatic heterocycles. The minimum absolute atomic E-state index is 0.0732. The summed E-state index contributed by atoms with van der Waals surface area (Å²) in [6.07, 6.45) is 9.83. The zero-order chi connectivity index (χ0) is 38.9. The molecule has 59 heavy (non-hydrogen) atoms. The average Bonchev–Trinajstić information content (AvgIpc) is 3.83. The number of furan rings is 1. The first-order valence-corrected chi connectivity index (χ1v) is 21.2. The number of allylic oxidation sites excluding steroid dienone is 2. The number of fused-ring (bicyclic) bond motifs is 12. The molecule has 0 saturated carbocycles. The summed E-state index contributed by atoms with van der Waals surface area (Å²) in [6, 6.07) is 68.7. The van der Waals surface area contributed by atoms with Gasteiger partial charge < -0.3 is 14.2 Å². The SMILES string of the molecule is C1=CCC(N(c2ccc3c(c2)C2(c4ccccc4S3)c3ccccc3-c3ccccc32)c2cccc3c2oc2cccc(N(c4ccccc4)c4ccccc4)c23)C=C1. The maximum absolute atomic E-state index is 7.07. The molecular formula is C55H38N2OS. The predicted molar refractivity (Wildman–Crippen MR) is 245 cm³/mol. The molecule has 1 spiro atoms. The maximum atomic E-state index is 7.07. The second kappa shape index (κ2) is 13.5. The Hall–Kier alpha value is -7.01. The van der Waals surface area contributed by atoms with Crippen LogP contribution in [0.4, 0.5) is 28.4 Å². The Morgan fingerprint density at radius 2 is 1.14 bits per heavy atom. The minimum Gasteiger partial charge on any atom is -0.454 e. The Morgan fingerprint density at radius 1 is 0.508 bits per heavy atom. The van der Waals surface area contributed by atoms with E-state index in [4.69, 9.17) is 4.42 Å². The van der Waals surface area contributed by atoms with Gasteiger partial charge in [-0.25, -0.2) is 0 Å². The highest BCUT2D eigenvalue weighted by molar-refractivity contribution is 7.99. The molecule has 280 valence electrons. The van der Waals surface area contributed by atoms with Crippen molar-refractivity contribution < 1.29 is 4.42 Å². The summed E-state index contributed by atoms with van der Waals surface area (Å²) in [7, 11) is 0. The first kappa shape index (κ1) is 34.1. The van der Waals surface area contributed by atoms with Crippen LogP contribution in [0, 0.1) is 0 Å². The minimum atomic E-state index is -0.465. The van der Waals surface area contributed by atoms with Crippen molar-refractivity contribution in [1.82, 2.24) is 0 Å². The van der Waals surface area contributed by atoms with E-state index in [-0.39, 0.29) is 6.04 Å². The number of hydrogen-bond donors (Lipinski definition) is 0. The Morgan fingerprint density at radius 3 is 1.85 bits per heavy atom. The van der Waals surface area contributed by atoms with Gasteiger partial charge in [-0.3, -0.25) is 0 Å². The van der Waals surface area contributed by atoms with E-state index in [0.717, 1.165) is 56.8 Å². The van der Waals surface area contributed by atoms with Crippen LogP contribution < -0.4 is 9.80 Å². The van der Waals surface area contributed by atoms with E-state index in [1.165, 1.54) is 43.2 Å². The lowest BCUT2D eigenvalue weighted by Gasteiger charge is -2.41. The fraction of sp³-hybridized carbons (Fsp3) is 0.0545. The molecule has 3 aliphatic rings. The molecule has 2 aliphatic carbocycles. The highest BCUT2D eigenvalue weighted by atomic mass is 32.2. The smallest absolute Gasteiger partial charge is 0.159 e. The molecule has 1 aliphatic heterocycles. The summed E-state index contributed by atoms with van der Waals surface area (Å²) in [5.41, 5.74) is 14.7. The maximum Gasteiger partial charge on any atom is 0.159 e. The largest absolute Gasteiger partial charge is 0.454 e. The molecule has 1 atom stereocenters. The third kappa shape index (κ3) is 5.09. The standard InChI is InChI=1S/C55H38N2OS/c1-4-18-37(19-5-1)56(38-20-6-2-7-21-38)48-30-17-32-50-53(48)43-26-16-31-49(54(43)58-50)57(39-22-8-3-9-23-39)40-34-35-52-47(36-40)55(46-29-14-15-33-51(46)59-52)44-27-12-10-24-41(44)42-25-11-13-28-45(42)55/h1-22,24-36,39H,23H2. The van der Waals surface area contributed by atoms with Gasteiger partial charge in [0.15, 0.2) is 5.58 Å². The Bertz CT molecular complexity index is 3060. The van der Waals surface area contributed by atoms with Gasteiger partial charge in [0.1, 0.15) is 5.58 Å². The summed E-state index contributed by atoms with van der Waals surface area (Å²) in [6.45, 7) is 0. The van der Waals surface area contributed by atoms with Crippen molar-refractivity contribution in [2.24, 2.45) is 0 Å². The second-order valence-corrected chi connectivity index (χ2v) is 16.6. The molecule has 0 radical (unpaired) electrons. The molecule has 1 unspecified atom stereocenters. The van der Waals surface area contributed by atoms with E-state index in [1.807, 2.05) is 11.8 Å². The van der Waals surface area contributed by atoms with Crippen molar-refractivity contribution in [3.05, 3.63) is 235 Å². The topological polar surface area (TPSA) is 19.6 Å². The van der Waals surface area contributed by atoms with Gasteiger partial charge >= 0.3 is 0 Å². The number of benzene rings is 8. The number of para-hydroxylation sites is 3. The van der Waals surface area contributed by atoms with Gasteiger partial charge in [-0.1, -0.05) is 157 Å². The molecule has 12 rings (SSSR count).